The lowest BCUT2D eigenvalue weighted by Crippen LogP contribution is -2.24. The van der Waals surface area contributed by atoms with E-state index in [1.807, 2.05) is 16.8 Å². The Hall–Kier alpha value is -2.31. The van der Waals surface area contributed by atoms with E-state index >= 15 is 0 Å². The molecule has 0 bridgehead atoms. The lowest BCUT2D eigenvalue weighted by atomic mass is 9.94. The largest absolute Gasteiger partial charge is 0.382 e. The zero-order valence-corrected chi connectivity index (χ0v) is 17.1. The Kier molecular flexibility index (Phi) is 5.31. The second kappa shape index (κ2) is 7.37. The Morgan fingerprint density at radius 2 is 2.00 bits per heavy atom. The van der Waals surface area contributed by atoms with Crippen LogP contribution >= 0.6 is 23.2 Å². The zero-order chi connectivity index (χ0) is 19.9. The van der Waals surface area contributed by atoms with Gasteiger partial charge in [0.1, 0.15) is 17.2 Å². The fraction of sp³-hybridized carbons (Fsp3) is 0.316. The van der Waals surface area contributed by atoms with E-state index in [4.69, 9.17) is 28.9 Å². The maximum absolute atomic E-state index is 12.8. The minimum atomic E-state index is -0.116. The molecule has 0 aliphatic heterocycles. The first kappa shape index (κ1) is 19.5. The number of anilines is 1. The normalized spacial score (nSPS) is 11.4. The van der Waals surface area contributed by atoms with Crippen LogP contribution in [-0.4, -0.2) is 39.4 Å². The van der Waals surface area contributed by atoms with Crippen molar-refractivity contribution >= 4 is 45.8 Å². The number of hydrogen-bond donors (Lipinski definition) is 1. The third-order valence-electron chi connectivity index (χ3n) is 4.31. The van der Waals surface area contributed by atoms with Gasteiger partial charge >= 0.3 is 0 Å². The zero-order valence-electron chi connectivity index (χ0n) is 15.6. The fourth-order valence-electron chi connectivity index (χ4n) is 3.12. The molecule has 0 atom stereocenters. The number of nitrogen functional groups attached to an aromatic ring is 1. The van der Waals surface area contributed by atoms with E-state index in [9.17, 15) is 4.79 Å². The van der Waals surface area contributed by atoms with Crippen molar-refractivity contribution in [3.8, 4) is 5.82 Å². The maximum Gasteiger partial charge on any atom is 0.255 e. The smallest absolute Gasteiger partial charge is 0.255 e. The third kappa shape index (κ3) is 3.47. The number of hydrogen-bond acceptors (Lipinski definition) is 4. The predicted molar refractivity (Wildman–Crippen MR) is 110 cm³/mol. The Morgan fingerprint density at radius 3 is 2.63 bits per heavy atom. The molecule has 142 valence electrons. The van der Waals surface area contributed by atoms with E-state index < -0.39 is 0 Å². The van der Waals surface area contributed by atoms with E-state index in [-0.39, 0.29) is 16.7 Å². The molecule has 0 fully saturated rings. The van der Waals surface area contributed by atoms with Gasteiger partial charge in [-0.3, -0.25) is 9.36 Å². The second-order valence-electron chi connectivity index (χ2n) is 7.02. The minimum absolute atomic E-state index is 0.116. The summed E-state index contributed by atoms with van der Waals surface area (Å²) in [6.45, 7) is 4.21. The van der Waals surface area contributed by atoms with Crippen LogP contribution in [0.5, 0.6) is 0 Å². The second-order valence-corrected chi connectivity index (χ2v) is 7.81. The molecule has 0 saturated heterocycles. The molecular weight excluding hydrogens is 385 g/mol. The molecule has 0 saturated carbocycles. The van der Waals surface area contributed by atoms with E-state index in [0.717, 1.165) is 22.9 Å². The van der Waals surface area contributed by atoms with Crippen molar-refractivity contribution < 1.29 is 4.79 Å². The standard InChI is InChI=1S/C19H21Cl2N5O/c1-10(2)7-12-11-5-6-26(18-16(21)17(22)23-9-24-18)14(11)8-13(20)15(12)19(27)25(3)4/h5-6,8-10H,7H2,1-4H3,(H2,22,23,24). The molecule has 2 heterocycles. The first-order valence-corrected chi connectivity index (χ1v) is 9.28. The number of carbonyl (C=O) groups is 1. The number of benzene rings is 1. The fourth-order valence-corrected chi connectivity index (χ4v) is 3.61. The van der Waals surface area contributed by atoms with Gasteiger partial charge in [0.2, 0.25) is 0 Å². The number of nitrogens with zero attached hydrogens (tertiary/aromatic N) is 4. The number of carbonyl (C=O) groups excluding carboxylic acids is 1. The number of nitrogens with two attached hydrogens (primary N) is 1. The highest BCUT2D eigenvalue weighted by atomic mass is 35.5. The molecule has 2 aromatic heterocycles. The van der Waals surface area contributed by atoms with Gasteiger partial charge in [0.25, 0.3) is 5.91 Å². The molecule has 0 radical (unpaired) electrons. The molecule has 6 nitrogen and oxygen atoms in total. The van der Waals surface area contributed by atoms with E-state index in [2.05, 4.69) is 23.8 Å². The van der Waals surface area contributed by atoms with Crippen molar-refractivity contribution in [3.63, 3.8) is 0 Å². The van der Waals surface area contributed by atoms with Crippen molar-refractivity contribution in [3.05, 3.63) is 45.8 Å². The van der Waals surface area contributed by atoms with Gasteiger partial charge in [-0.2, -0.15) is 0 Å². The monoisotopic (exact) mass is 405 g/mol. The minimum Gasteiger partial charge on any atom is -0.382 e. The molecule has 1 aromatic carbocycles. The molecule has 3 rings (SSSR count). The van der Waals surface area contributed by atoms with Crippen LogP contribution in [0.3, 0.4) is 0 Å². The Bertz CT molecular complexity index is 1030. The summed E-state index contributed by atoms with van der Waals surface area (Å²) >= 11 is 12.9. The van der Waals surface area contributed by atoms with Crippen LogP contribution in [0.4, 0.5) is 5.82 Å². The predicted octanol–water partition coefficient (Wildman–Crippen LogP) is 4.21. The van der Waals surface area contributed by atoms with Crippen molar-refractivity contribution in [1.29, 1.82) is 0 Å². The average molecular weight is 406 g/mol. The summed E-state index contributed by atoms with van der Waals surface area (Å²) in [6.07, 6.45) is 3.93. The van der Waals surface area contributed by atoms with Gasteiger partial charge in [-0.25, -0.2) is 9.97 Å². The van der Waals surface area contributed by atoms with Crippen LogP contribution in [0.25, 0.3) is 16.7 Å². The SMILES string of the molecule is CC(C)Cc1c(C(=O)N(C)C)c(Cl)cc2c1ccn2-c1ncnc(N)c1Cl. The summed E-state index contributed by atoms with van der Waals surface area (Å²) in [7, 11) is 3.44. The molecule has 3 aromatic rings. The molecule has 0 unspecified atom stereocenters. The van der Waals surface area contributed by atoms with Crippen LogP contribution in [0.1, 0.15) is 29.8 Å². The van der Waals surface area contributed by atoms with Gasteiger partial charge in [-0.1, -0.05) is 37.0 Å². The van der Waals surface area contributed by atoms with Crippen LogP contribution < -0.4 is 5.73 Å². The molecular formula is C19H21Cl2N5O. The molecule has 27 heavy (non-hydrogen) atoms. The summed E-state index contributed by atoms with van der Waals surface area (Å²) in [5.74, 6) is 0.908. The number of fused-ring (bicyclic) bond motifs is 1. The lowest BCUT2D eigenvalue weighted by molar-refractivity contribution is 0.0827. The highest BCUT2D eigenvalue weighted by molar-refractivity contribution is 6.35. The number of amides is 1. The van der Waals surface area contributed by atoms with E-state index in [1.54, 1.807) is 20.2 Å². The van der Waals surface area contributed by atoms with Gasteiger partial charge in [0, 0.05) is 25.7 Å². The van der Waals surface area contributed by atoms with Crippen molar-refractivity contribution in [1.82, 2.24) is 19.4 Å². The summed E-state index contributed by atoms with van der Waals surface area (Å²) in [5.41, 5.74) is 8.09. The highest BCUT2D eigenvalue weighted by Gasteiger charge is 2.23. The van der Waals surface area contributed by atoms with Gasteiger partial charge in [0.05, 0.1) is 16.1 Å². The van der Waals surface area contributed by atoms with Gasteiger partial charge in [0.15, 0.2) is 5.82 Å². The number of halogens is 2. The first-order chi connectivity index (χ1) is 12.7. The number of aromatic nitrogens is 3. The molecule has 0 spiro atoms. The molecule has 0 aliphatic rings. The third-order valence-corrected chi connectivity index (χ3v) is 4.97. The van der Waals surface area contributed by atoms with E-state index in [1.165, 1.54) is 11.2 Å². The Labute approximate surface area is 167 Å². The maximum atomic E-state index is 12.8. The molecule has 0 aliphatic carbocycles. The lowest BCUT2D eigenvalue weighted by Gasteiger charge is -2.18. The first-order valence-electron chi connectivity index (χ1n) is 8.52. The Morgan fingerprint density at radius 1 is 1.30 bits per heavy atom. The van der Waals surface area contributed by atoms with Crippen molar-refractivity contribution in [2.24, 2.45) is 5.92 Å². The molecule has 2 N–H and O–H groups in total. The van der Waals surface area contributed by atoms with Crippen molar-refractivity contribution in [2.45, 2.75) is 20.3 Å². The van der Waals surface area contributed by atoms with Gasteiger partial charge in [-0.15, -0.1) is 0 Å². The summed E-state index contributed by atoms with van der Waals surface area (Å²) < 4.78 is 1.81. The van der Waals surface area contributed by atoms with E-state index in [0.29, 0.717) is 22.3 Å². The topological polar surface area (TPSA) is 77.0 Å². The summed E-state index contributed by atoms with van der Waals surface area (Å²) in [6, 6.07) is 3.72. The van der Waals surface area contributed by atoms with Gasteiger partial charge in [-0.05, 0) is 30.0 Å². The quantitative estimate of drug-likeness (QED) is 0.704. The van der Waals surface area contributed by atoms with Crippen molar-refractivity contribution in [2.75, 3.05) is 19.8 Å². The van der Waals surface area contributed by atoms with Gasteiger partial charge < -0.3 is 10.6 Å². The summed E-state index contributed by atoms with van der Waals surface area (Å²) in [5, 5.41) is 1.60. The van der Waals surface area contributed by atoms with Crippen LogP contribution in [0.15, 0.2) is 24.7 Å². The Balaban J connectivity index is 2.33. The molecule has 8 heteroatoms. The molecule has 1 amide bonds. The average Bonchev–Trinajstić information content (AvgIpc) is 3.00. The highest BCUT2D eigenvalue weighted by Crippen LogP contribution is 2.35. The van der Waals surface area contributed by atoms with Crippen LogP contribution in [0, 0.1) is 5.92 Å². The number of rotatable bonds is 4. The summed E-state index contributed by atoms with van der Waals surface area (Å²) in [4.78, 5) is 22.5. The van der Waals surface area contributed by atoms with Crippen LogP contribution in [-0.2, 0) is 6.42 Å². The van der Waals surface area contributed by atoms with Crippen LogP contribution in [0.2, 0.25) is 10.0 Å².